The molecule has 0 aliphatic carbocycles. The van der Waals surface area contributed by atoms with E-state index in [1.807, 2.05) is 20.8 Å². The fourth-order valence-corrected chi connectivity index (χ4v) is 1.86. The van der Waals surface area contributed by atoms with Crippen molar-refractivity contribution in [2.45, 2.75) is 40.0 Å². The molecule has 0 saturated heterocycles. The van der Waals surface area contributed by atoms with Crippen LogP contribution in [-0.4, -0.2) is 4.98 Å². The Labute approximate surface area is 83.2 Å². The van der Waals surface area contributed by atoms with Crippen LogP contribution in [0.4, 0.5) is 8.78 Å². The maximum absolute atomic E-state index is 12.4. The summed E-state index contributed by atoms with van der Waals surface area (Å²) in [6.07, 6.45) is -2.48. The number of hydrogen-bond donors (Lipinski definition) is 0. The fraction of sp³-hybridized carbons (Fsp3) is 0.545. The largest absolute Gasteiger partial charge is 0.280 e. The third-order valence-electron chi connectivity index (χ3n) is 2.28. The Kier molecular flexibility index (Phi) is 3.19. The van der Waals surface area contributed by atoms with Crippen LogP contribution in [-0.2, 0) is 0 Å². The van der Waals surface area contributed by atoms with E-state index in [9.17, 15) is 8.78 Å². The molecule has 0 bridgehead atoms. The van der Waals surface area contributed by atoms with Crippen LogP contribution in [0.2, 0.25) is 0 Å². The van der Waals surface area contributed by atoms with Gasteiger partial charge in [0.1, 0.15) is 5.69 Å². The van der Waals surface area contributed by atoms with Crippen LogP contribution in [0.15, 0.2) is 6.07 Å². The molecule has 14 heavy (non-hydrogen) atoms. The number of aromatic nitrogens is 1. The van der Waals surface area contributed by atoms with Crippen molar-refractivity contribution in [3.63, 3.8) is 0 Å². The molecule has 0 fully saturated rings. The molecule has 1 heterocycles. The Hall–Kier alpha value is -0.990. The van der Waals surface area contributed by atoms with Crippen LogP contribution in [0.5, 0.6) is 0 Å². The van der Waals surface area contributed by atoms with Crippen molar-refractivity contribution in [3.05, 3.63) is 28.6 Å². The first-order valence-electron chi connectivity index (χ1n) is 4.69. The Morgan fingerprint density at radius 2 is 1.79 bits per heavy atom. The summed E-state index contributed by atoms with van der Waals surface area (Å²) in [5.41, 5.74) is 2.58. The van der Waals surface area contributed by atoms with E-state index in [1.54, 1.807) is 6.92 Å². The minimum Gasteiger partial charge on any atom is -0.252 e. The Balaban J connectivity index is 3.25. The lowest BCUT2D eigenvalue weighted by molar-refractivity contribution is 0.145. The second kappa shape index (κ2) is 4.03. The predicted octanol–water partition coefficient (Wildman–Crippen LogP) is 3.76. The summed E-state index contributed by atoms with van der Waals surface area (Å²) >= 11 is 0. The third-order valence-corrected chi connectivity index (χ3v) is 2.28. The SMILES string of the molecule is Cc1cc(C(F)F)nc(C)c1C(C)C. The zero-order valence-electron chi connectivity index (χ0n) is 8.94. The minimum absolute atomic E-state index is 0.121. The number of aryl methyl sites for hydroxylation is 2. The molecule has 1 rings (SSSR count). The van der Waals surface area contributed by atoms with Gasteiger partial charge in [-0.2, -0.15) is 0 Å². The molecule has 0 aliphatic rings. The van der Waals surface area contributed by atoms with Gasteiger partial charge in [-0.05, 0) is 37.0 Å². The topological polar surface area (TPSA) is 12.9 Å². The maximum Gasteiger partial charge on any atom is 0.280 e. The number of pyridine rings is 1. The fourth-order valence-electron chi connectivity index (χ4n) is 1.86. The maximum atomic E-state index is 12.4. The van der Waals surface area contributed by atoms with Gasteiger partial charge in [-0.1, -0.05) is 13.8 Å². The van der Waals surface area contributed by atoms with Gasteiger partial charge in [-0.25, -0.2) is 8.78 Å². The van der Waals surface area contributed by atoms with Crippen LogP contribution >= 0.6 is 0 Å². The quantitative estimate of drug-likeness (QED) is 0.706. The molecule has 0 unspecified atom stereocenters. The first-order valence-corrected chi connectivity index (χ1v) is 4.69. The van der Waals surface area contributed by atoms with Gasteiger partial charge >= 0.3 is 0 Å². The highest BCUT2D eigenvalue weighted by Crippen LogP contribution is 2.26. The molecule has 0 aliphatic heterocycles. The van der Waals surface area contributed by atoms with E-state index < -0.39 is 6.43 Å². The van der Waals surface area contributed by atoms with Crippen LogP contribution in [0.1, 0.15) is 48.7 Å². The second-order valence-electron chi connectivity index (χ2n) is 3.82. The lowest BCUT2D eigenvalue weighted by atomic mass is 9.96. The molecule has 0 N–H and O–H groups in total. The molecule has 0 amide bonds. The van der Waals surface area contributed by atoms with Crippen molar-refractivity contribution >= 4 is 0 Å². The summed E-state index contributed by atoms with van der Waals surface area (Å²) in [7, 11) is 0. The summed E-state index contributed by atoms with van der Waals surface area (Å²) in [5, 5.41) is 0. The lowest BCUT2D eigenvalue weighted by Gasteiger charge is -2.14. The molecule has 0 spiro atoms. The number of hydrogen-bond acceptors (Lipinski definition) is 1. The van der Waals surface area contributed by atoms with E-state index in [-0.39, 0.29) is 5.69 Å². The first kappa shape index (κ1) is 11.1. The first-order chi connectivity index (χ1) is 6.43. The van der Waals surface area contributed by atoms with E-state index in [0.717, 1.165) is 16.8 Å². The monoisotopic (exact) mass is 199 g/mol. The second-order valence-corrected chi connectivity index (χ2v) is 3.82. The lowest BCUT2D eigenvalue weighted by Crippen LogP contribution is -2.02. The summed E-state index contributed by atoms with van der Waals surface area (Å²) < 4.78 is 24.8. The molecule has 0 aromatic carbocycles. The molecular formula is C11H15F2N. The van der Waals surface area contributed by atoms with Gasteiger partial charge in [-0.15, -0.1) is 0 Å². The van der Waals surface area contributed by atoms with Crippen molar-refractivity contribution in [2.24, 2.45) is 0 Å². The average molecular weight is 199 g/mol. The molecule has 0 radical (unpaired) electrons. The van der Waals surface area contributed by atoms with Crippen molar-refractivity contribution < 1.29 is 8.78 Å². The zero-order chi connectivity index (χ0) is 10.9. The summed E-state index contributed by atoms with van der Waals surface area (Å²) in [6.45, 7) is 7.72. The molecule has 1 aromatic rings. The van der Waals surface area contributed by atoms with Crippen molar-refractivity contribution in [1.29, 1.82) is 0 Å². The van der Waals surface area contributed by atoms with Gasteiger partial charge < -0.3 is 0 Å². The van der Waals surface area contributed by atoms with E-state index in [1.165, 1.54) is 6.07 Å². The molecule has 1 nitrogen and oxygen atoms in total. The Bertz CT molecular complexity index is 309. The van der Waals surface area contributed by atoms with E-state index >= 15 is 0 Å². The highest BCUT2D eigenvalue weighted by molar-refractivity contribution is 5.33. The highest BCUT2D eigenvalue weighted by Gasteiger charge is 2.14. The zero-order valence-corrected chi connectivity index (χ0v) is 8.94. The third kappa shape index (κ3) is 2.08. The van der Waals surface area contributed by atoms with Crippen molar-refractivity contribution in [3.8, 4) is 0 Å². The van der Waals surface area contributed by atoms with Crippen LogP contribution < -0.4 is 0 Å². The Morgan fingerprint density at radius 1 is 1.21 bits per heavy atom. The molecule has 0 atom stereocenters. The molecule has 3 heteroatoms. The van der Waals surface area contributed by atoms with E-state index in [2.05, 4.69) is 4.98 Å². The van der Waals surface area contributed by atoms with E-state index in [4.69, 9.17) is 0 Å². The van der Waals surface area contributed by atoms with Crippen LogP contribution in [0.3, 0.4) is 0 Å². The Morgan fingerprint density at radius 3 is 2.14 bits per heavy atom. The van der Waals surface area contributed by atoms with Crippen molar-refractivity contribution in [1.82, 2.24) is 4.98 Å². The summed E-state index contributed by atoms with van der Waals surface area (Å²) in [4.78, 5) is 3.90. The average Bonchev–Trinajstić information content (AvgIpc) is 2.01. The van der Waals surface area contributed by atoms with Crippen LogP contribution in [0.25, 0.3) is 0 Å². The summed E-state index contributed by atoms with van der Waals surface area (Å²) in [5.74, 6) is 0.328. The van der Waals surface area contributed by atoms with Gasteiger partial charge in [0.2, 0.25) is 0 Å². The number of nitrogens with zero attached hydrogens (tertiary/aromatic N) is 1. The van der Waals surface area contributed by atoms with Gasteiger partial charge in [0, 0.05) is 5.69 Å². The smallest absolute Gasteiger partial charge is 0.252 e. The standard InChI is InChI=1S/C11H15F2N/c1-6(2)10-7(3)5-9(11(12)13)14-8(10)4/h5-6,11H,1-4H3. The molecule has 78 valence electrons. The van der Waals surface area contributed by atoms with Crippen LogP contribution in [0, 0.1) is 13.8 Å². The summed E-state index contributed by atoms with van der Waals surface area (Å²) in [6, 6.07) is 1.48. The number of alkyl halides is 2. The van der Waals surface area contributed by atoms with Gasteiger partial charge in [0.15, 0.2) is 0 Å². The minimum atomic E-state index is -2.48. The highest BCUT2D eigenvalue weighted by atomic mass is 19.3. The van der Waals surface area contributed by atoms with Gasteiger partial charge in [-0.3, -0.25) is 4.98 Å². The van der Waals surface area contributed by atoms with E-state index in [0.29, 0.717) is 5.92 Å². The molecule has 0 saturated carbocycles. The van der Waals surface area contributed by atoms with Gasteiger partial charge in [0.25, 0.3) is 6.43 Å². The van der Waals surface area contributed by atoms with Gasteiger partial charge in [0.05, 0.1) is 0 Å². The van der Waals surface area contributed by atoms with Crippen molar-refractivity contribution in [2.75, 3.05) is 0 Å². The predicted molar refractivity (Wildman–Crippen MR) is 52.8 cm³/mol. The normalized spacial score (nSPS) is 11.4. The molecule has 1 aromatic heterocycles. The molecular weight excluding hydrogens is 184 g/mol. The number of halogens is 2. The number of rotatable bonds is 2.